The van der Waals surface area contributed by atoms with E-state index < -0.39 is 46.5 Å². The number of hydrogen-bond donors (Lipinski definition) is 1. The van der Waals surface area contributed by atoms with Gasteiger partial charge in [-0.25, -0.2) is 0 Å². The van der Waals surface area contributed by atoms with Crippen molar-refractivity contribution < 1.29 is 21.3 Å². The van der Waals surface area contributed by atoms with Crippen molar-refractivity contribution in [3.8, 4) is 0 Å². The van der Waals surface area contributed by atoms with E-state index in [1.54, 1.807) is 15.6 Å². The van der Waals surface area contributed by atoms with Crippen molar-refractivity contribution >= 4 is 107 Å². The Labute approximate surface area is 307 Å². The molecule has 221 valence electrons. The van der Waals surface area contributed by atoms with Gasteiger partial charge in [0.05, 0.1) is 7.83 Å². The zero-order chi connectivity index (χ0) is 29.2. The Balaban J connectivity index is 0.00000200. The molecule has 6 aromatic rings. The summed E-state index contributed by atoms with van der Waals surface area (Å²) < 4.78 is 0. The van der Waals surface area contributed by atoms with Gasteiger partial charge in [-0.1, -0.05) is 208 Å². The van der Waals surface area contributed by atoms with Crippen LogP contribution in [0.5, 0.6) is 0 Å². The minimum atomic E-state index is -3.01. The predicted molar refractivity (Wildman–Crippen MR) is 206 cm³/mol. The van der Waals surface area contributed by atoms with Crippen LogP contribution in [0, 0.1) is 0 Å². The van der Waals surface area contributed by atoms with Crippen LogP contribution in [0.15, 0.2) is 182 Å². The first kappa shape index (κ1) is 34.4. The maximum atomic E-state index is 14.2. The van der Waals surface area contributed by atoms with Gasteiger partial charge in [-0.15, -0.1) is 0 Å². The van der Waals surface area contributed by atoms with Crippen LogP contribution in [-0.4, -0.2) is 80.9 Å². The number of hydrogen-bond acceptors (Lipinski definition) is 1. The summed E-state index contributed by atoms with van der Waals surface area (Å²) in [6, 6.07) is 69.1. The summed E-state index contributed by atoms with van der Waals surface area (Å²) in [6.45, 7) is 0. The SMILES string of the molecule is O[Si]1(c2ccccc2)[SiH2][SiH2][SiH](c2ccccc2)[Si](c2ccccc2)(c2ccccc2)[Si]1(c1ccccc1)c1ccccc1.[Na].[Ni]. The maximum absolute atomic E-state index is 14.2. The van der Waals surface area contributed by atoms with Crippen LogP contribution in [-0.2, 0) is 16.5 Å². The molecule has 7 rings (SSSR count). The first-order valence-electron chi connectivity index (χ1n) is 15.3. The molecule has 0 saturated carbocycles. The fraction of sp³-hybridized carbons (Fsp3) is 0. The molecule has 0 aliphatic carbocycles. The van der Waals surface area contributed by atoms with E-state index in [0.29, 0.717) is 0 Å². The van der Waals surface area contributed by atoms with Gasteiger partial charge in [0, 0.05) is 63.2 Å². The summed E-state index contributed by atoms with van der Waals surface area (Å²) in [5.41, 5.74) is 0. The van der Waals surface area contributed by atoms with E-state index in [0.717, 1.165) is 0 Å². The van der Waals surface area contributed by atoms with Gasteiger partial charge in [0.1, 0.15) is 14.2 Å². The zero-order valence-electron chi connectivity index (χ0n) is 25.6. The molecular weight excluding hydrogens is 699 g/mol. The topological polar surface area (TPSA) is 20.2 Å². The summed E-state index contributed by atoms with van der Waals surface area (Å²) >= 11 is 0. The molecule has 0 aromatic heterocycles. The largest absolute Gasteiger partial charge is 0.433 e. The van der Waals surface area contributed by atoms with Gasteiger partial charge in [-0.05, 0) is 5.19 Å². The first-order chi connectivity index (χ1) is 21.2. The Morgan fingerprint density at radius 3 is 1.11 bits per heavy atom. The monoisotopic (exact) mass is 733 g/mol. The molecule has 0 amide bonds. The van der Waals surface area contributed by atoms with Crippen molar-refractivity contribution in [2.75, 3.05) is 0 Å². The summed E-state index contributed by atoms with van der Waals surface area (Å²) in [5.74, 6) is 0. The van der Waals surface area contributed by atoms with Gasteiger partial charge in [0.15, 0.2) is 7.35 Å². The quantitative estimate of drug-likeness (QED) is 0.249. The summed E-state index contributed by atoms with van der Waals surface area (Å²) in [6.07, 6.45) is 0. The van der Waals surface area contributed by atoms with Crippen molar-refractivity contribution in [3.05, 3.63) is 182 Å². The molecule has 0 bridgehead atoms. The molecule has 2 atom stereocenters. The fourth-order valence-corrected chi connectivity index (χ4v) is 221. The molecule has 0 spiro atoms. The van der Waals surface area contributed by atoms with Crippen molar-refractivity contribution in [1.29, 1.82) is 0 Å². The van der Waals surface area contributed by atoms with Gasteiger partial charge in [-0.3, -0.25) is 0 Å². The second-order valence-corrected chi connectivity index (χ2v) is 62.6. The van der Waals surface area contributed by atoms with E-state index in [1.165, 1.54) is 15.6 Å². The Kier molecular flexibility index (Phi) is 11.4. The predicted octanol–water partition coefficient (Wildman–Crippen LogP) is 0.604. The van der Waals surface area contributed by atoms with Gasteiger partial charge in [0.2, 0.25) is 0 Å². The molecule has 1 radical (unpaired) electrons. The van der Waals surface area contributed by atoms with Crippen LogP contribution in [0.1, 0.15) is 0 Å². The Morgan fingerprint density at radius 1 is 0.422 bits per heavy atom. The van der Waals surface area contributed by atoms with E-state index in [-0.39, 0.29) is 46.0 Å². The average molecular weight is 735 g/mol. The van der Waals surface area contributed by atoms with E-state index in [9.17, 15) is 4.80 Å². The van der Waals surface area contributed by atoms with E-state index in [2.05, 4.69) is 182 Å². The van der Waals surface area contributed by atoms with Crippen molar-refractivity contribution in [2.45, 2.75) is 0 Å². The van der Waals surface area contributed by atoms with Gasteiger partial charge in [0.25, 0.3) is 0 Å². The van der Waals surface area contributed by atoms with Crippen LogP contribution < -0.4 is 31.1 Å². The minimum Gasteiger partial charge on any atom is -0.433 e. The molecular formula is C36H36NaNiOSi6. The molecule has 1 N–H and O–H groups in total. The normalized spacial score (nSPS) is 20.9. The van der Waals surface area contributed by atoms with Crippen molar-refractivity contribution in [2.24, 2.45) is 0 Å². The molecule has 1 saturated heterocycles. The molecule has 6 aromatic carbocycles. The molecule has 1 aliphatic heterocycles. The number of benzene rings is 6. The zero-order valence-corrected chi connectivity index (χ0v) is 35.5. The Hall–Kier alpha value is -1.93. The van der Waals surface area contributed by atoms with Gasteiger partial charge >= 0.3 is 0 Å². The molecule has 2 unspecified atom stereocenters. The number of rotatable bonds is 6. The molecule has 1 aliphatic rings. The van der Waals surface area contributed by atoms with Crippen molar-refractivity contribution in [1.82, 2.24) is 0 Å². The van der Waals surface area contributed by atoms with Crippen molar-refractivity contribution in [3.63, 3.8) is 0 Å². The smallest absolute Gasteiger partial charge is 0.191 e. The van der Waals surface area contributed by atoms with Crippen LogP contribution in [0.4, 0.5) is 0 Å². The van der Waals surface area contributed by atoms with Gasteiger partial charge in [-0.2, -0.15) is 0 Å². The standard InChI is InChI=1S/C36H36OSi6.Na.Ni/c37-43(36-29-17-6-18-30-36)39-38-40(31-19-7-1-8-20-31)41(32-21-9-2-10-22-32,33-23-11-3-12-24-33)42(43,34-25-13-4-14-26-34)35-27-15-5-16-28-35;;/h1-30,37,40H,38-39H2;;. The summed E-state index contributed by atoms with van der Waals surface area (Å²) in [5, 5.41) is 8.92. The van der Waals surface area contributed by atoms with Crippen LogP contribution in [0.3, 0.4) is 0 Å². The third-order valence-electron chi connectivity index (χ3n) is 9.85. The molecule has 45 heavy (non-hydrogen) atoms. The van der Waals surface area contributed by atoms with E-state index in [4.69, 9.17) is 0 Å². The summed E-state index contributed by atoms with van der Waals surface area (Å²) in [7, 11) is -11.5. The van der Waals surface area contributed by atoms with E-state index in [1.807, 2.05) is 0 Å². The Morgan fingerprint density at radius 2 is 0.733 bits per heavy atom. The summed E-state index contributed by atoms with van der Waals surface area (Å²) in [4.78, 5) is 14.2. The third-order valence-corrected chi connectivity index (χ3v) is 120. The Bertz CT molecular complexity index is 1710. The fourth-order valence-electron chi connectivity index (χ4n) is 8.40. The second kappa shape index (κ2) is 14.9. The second-order valence-electron chi connectivity index (χ2n) is 11.8. The van der Waals surface area contributed by atoms with Gasteiger partial charge < -0.3 is 4.80 Å². The van der Waals surface area contributed by atoms with Crippen LogP contribution >= 0.6 is 0 Å². The first-order valence-corrected chi connectivity index (χ1v) is 35.2. The minimum absolute atomic E-state index is 0. The molecule has 1 heterocycles. The molecule has 9 heteroatoms. The average Bonchev–Trinajstić information content (AvgIpc) is 3.10. The maximum Gasteiger partial charge on any atom is 0.191 e. The van der Waals surface area contributed by atoms with E-state index >= 15 is 0 Å². The van der Waals surface area contributed by atoms with Crippen LogP contribution in [0.2, 0.25) is 0 Å². The third kappa shape index (κ3) is 5.58. The molecule has 1 fully saturated rings. The van der Waals surface area contributed by atoms with Crippen LogP contribution in [0.25, 0.3) is 0 Å². The molecule has 1 nitrogen and oxygen atoms in total.